The summed E-state index contributed by atoms with van der Waals surface area (Å²) in [5.74, 6) is 1.55. The second-order valence-electron chi connectivity index (χ2n) is 13.2. The maximum atomic E-state index is 8.85. The number of hydrogen-bond acceptors (Lipinski definition) is 2. The summed E-state index contributed by atoms with van der Waals surface area (Å²) < 4.78 is 97.2. The van der Waals surface area contributed by atoms with E-state index in [-0.39, 0.29) is 49.0 Å². The first-order chi connectivity index (χ1) is 32.3. The number of benzene rings is 7. The maximum Gasteiger partial charge on any atom is 0.267 e. The second-order valence-corrected chi connectivity index (χ2v) is 13.2. The zero-order chi connectivity index (χ0) is 46.8. The fourth-order valence-electron chi connectivity index (χ4n) is 7.14. The summed E-state index contributed by atoms with van der Waals surface area (Å²) in [5, 5.41) is 2.01. The van der Waals surface area contributed by atoms with Crippen molar-refractivity contribution in [1.82, 2.24) is 14.1 Å². The molecule has 7 aromatic carbocycles. The largest absolute Gasteiger partial charge is 0.510 e. The molecule has 0 fully saturated rings. The number of para-hydroxylation sites is 1. The van der Waals surface area contributed by atoms with Crippen LogP contribution >= 0.6 is 0 Å². The SMILES string of the molecule is [2H]c1c([2H])c([2H])c(-c2cccc(-c3c([2H])c([2H])c([2H])c([2H])c3[2H])c2-[n+]2[c-]n(-c3[c-]c(Oc4[c-]c5c(cc4)c4cc(-c6ccccc6)ccc4n5-c4cc(CC)ccn4)ccc3)cc2)c([2H])c1[2H].[Pt]. The van der Waals surface area contributed by atoms with Crippen molar-refractivity contribution in [3.63, 3.8) is 0 Å². The molecule has 0 N–H and O–H groups in total. The molecule has 0 bridgehead atoms. The molecule has 5 nitrogen and oxygen atoms in total. The van der Waals surface area contributed by atoms with Crippen molar-refractivity contribution in [3.05, 3.63) is 212 Å². The summed E-state index contributed by atoms with van der Waals surface area (Å²) in [7, 11) is 0. The molecular formula is C52H36N4OPt-2. The summed E-state index contributed by atoms with van der Waals surface area (Å²) in [6.45, 7) is 2.11. The van der Waals surface area contributed by atoms with Gasteiger partial charge < -0.3 is 13.9 Å². The number of nitrogens with zero attached hydrogens (tertiary/aromatic N) is 4. The summed E-state index contributed by atoms with van der Waals surface area (Å²) in [5.41, 5.74) is 5.77. The number of pyridine rings is 1. The average Bonchev–Trinajstić information content (AvgIpc) is 3.97. The average molecular weight is 938 g/mol. The Morgan fingerprint density at radius 3 is 2.14 bits per heavy atom. The molecular weight excluding hydrogens is 892 g/mol. The van der Waals surface area contributed by atoms with Crippen LogP contribution in [0.15, 0.2) is 188 Å². The minimum absolute atomic E-state index is 0. The van der Waals surface area contributed by atoms with Gasteiger partial charge in [0, 0.05) is 56.7 Å². The Hall–Kier alpha value is -6.81. The van der Waals surface area contributed by atoms with E-state index in [4.69, 9.17) is 23.4 Å². The molecule has 0 saturated carbocycles. The predicted octanol–water partition coefficient (Wildman–Crippen LogP) is 12.0. The minimum Gasteiger partial charge on any atom is -0.510 e. The molecule has 0 aliphatic heterocycles. The van der Waals surface area contributed by atoms with Gasteiger partial charge in [0.2, 0.25) is 0 Å². The van der Waals surface area contributed by atoms with Crippen LogP contribution in [0.3, 0.4) is 0 Å². The number of ether oxygens (including phenoxy) is 1. The van der Waals surface area contributed by atoms with Gasteiger partial charge in [-0.05, 0) is 74.6 Å². The number of aryl methyl sites for hydroxylation is 1. The van der Waals surface area contributed by atoms with Crippen molar-refractivity contribution < 1.29 is 44.1 Å². The molecule has 10 aromatic rings. The minimum atomic E-state index is -0.568. The molecule has 0 amide bonds. The van der Waals surface area contributed by atoms with Crippen molar-refractivity contribution in [2.45, 2.75) is 13.3 Å². The van der Waals surface area contributed by atoms with E-state index in [0.29, 0.717) is 17.2 Å². The van der Waals surface area contributed by atoms with E-state index in [1.807, 2.05) is 42.6 Å². The molecule has 0 saturated heterocycles. The van der Waals surface area contributed by atoms with Crippen molar-refractivity contribution >= 4 is 21.8 Å². The van der Waals surface area contributed by atoms with E-state index >= 15 is 0 Å². The van der Waals surface area contributed by atoms with E-state index in [1.165, 1.54) is 4.57 Å². The van der Waals surface area contributed by atoms with Crippen LogP contribution in [-0.4, -0.2) is 14.1 Å². The molecule has 0 unspecified atom stereocenters. The molecule has 6 heteroatoms. The quantitative estimate of drug-likeness (QED) is 0.107. The summed E-state index contributed by atoms with van der Waals surface area (Å²) in [6.07, 6.45) is 9.17. The Balaban J connectivity index is 0.00000578. The summed E-state index contributed by atoms with van der Waals surface area (Å²) in [4.78, 5) is 4.78. The third-order valence-electron chi connectivity index (χ3n) is 9.83. The van der Waals surface area contributed by atoms with Gasteiger partial charge in [-0.2, -0.15) is 18.2 Å². The van der Waals surface area contributed by atoms with Crippen LogP contribution in [0.5, 0.6) is 11.5 Å². The molecule has 10 rings (SSSR count). The first-order valence-corrected chi connectivity index (χ1v) is 18.4. The topological polar surface area (TPSA) is 35.9 Å². The molecule has 3 aromatic heterocycles. The van der Waals surface area contributed by atoms with Crippen LogP contribution in [0.1, 0.15) is 26.2 Å². The number of fused-ring (bicyclic) bond motifs is 3. The molecule has 0 spiro atoms. The monoisotopic (exact) mass is 937 g/mol. The van der Waals surface area contributed by atoms with Crippen LogP contribution in [0.4, 0.5) is 0 Å². The van der Waals surface area contributed by atoms with E-state index in [0.717, 1.165) is 50.7 Å². The van der Waals surface area contributed by atoms with Gasteiger partial charge in [-0.15, -0.1) is 29.7 Å². The first-order valence-electron chi connectivity index (χ1n) is 23.4. The fraction of sp³-hybridized carbons (Fsp3) is 0.0385. The maximum absolute atomic E-state index is 8.85. The van der Waals surface area contributed by atoms with Gasteiger partial charge in [0.25, 0.3) is 6.33 Å². The van der Waals surface area contributed by atoms with Crippen molar-refractivity contribution in [1.29, 1.82) is 0 Å². The van der Waals surface area contributed by atoms with Crippen LogP contribution in [0.2, 0.25) is 0 Å². The normalized spacial score (nSPS) is 13.5. The van der Waals surface area contributed by atoms with Crippen LogP contribution in [0.25, 0.3) is 72.4 Å². The number of aromatic nitrogens is 4. The predicted molar refractivity (Wildman–Crippen MR) is 228 cm³/mol. The Morgan fingerprint density at radius 1 is 0.672 bits per heavy atom. The van der Waals surface area contributed by atoms with Gasteiger partial charge in [-0.3, -0.25) is 4.57 Å². The van der Waals surface area contributed by atoms with Gasteiger partial charge in [0.1, 0.15) is 5.82 Å². The summed E-state index contributed by atoms with van der Waals surface area (Å²) in [6, 6.07) is 36.2. The number of hydrogen-bond donors (Lipinski definition) is 0. The molecule has 3 heterocycles. The van der Waals surface area contributed by atoms with Gasteiger partial charge in [0.15, 0.2) is 0 Å². The number of rotatable bonds is 9. The molecule has 0 aliphatic rings. The number of imidazole rings is 1. The van der Waals surface area contributed by atoms with Crippen molar-refractivity contribution in [2.24, 2.45) is 0 Å². The van der Waals surface area contributed by atoms with Gasteiger partial charge in [-0.1, -0.05) is 134 Å². The van der Waals surface area contributed by atoms with Crippen molar-refractivity contribution in [2.75, 3.05) is 0 Å². The summed E-state index contributed by atoms with van der Waals surface area (Å²) >= 11 is 0. The Morgan fingerprint density at radius 2 is 1.40 bits per heavy atom. The molecule has 0 radical (unpaired) electrons. The molecule has 0 aliphatic carbocycles. The smallest absolute Gasteiger partial charge is 0.267 e. The standard InChI is InChI=1S/C52H36N4O.Pt/c1-2-37-28-29-53-51(32-37)56-49-27-24-41(38-14-6-3-7-15-38)33-48(49)47-26-25-44(35-50(47)56)57-43-21-12-20-42(34-43)54-30-31-55(36-54)52-45(39-16-8-4-9-17-39)22-13-23-46(52)40-18-10-5-11-19-40;/h3-33H,2H2,1H3;/q-2;/i4D,5D,8D,9D,10D,11D,16D,17D,18D,19D;. The molecule has 58 heavy (non-hydrogen) atoms. The van der Waals surface area contributed by atoms with E-state index in [1.54, 1.807) is 53.4 Å². The van der Waals surface area contributed by atoms with Crippen molar-refractivity contribution in [3.8, 4) is 62.1 Å². The fourth-order valence-corrected chi connectivity index (χ4v) is 7.14. The molecule has 0 atom stereocenters. The Bertz CT molecular complexity index is 3490. The first kappa shape index (κ1) is 26.9. The van der Waals surface area contributed by atoms with Crippen LogP contribution in [0, 0.1) is 18.5 Å². The third-order valence-corrected chi connectivity index (χ3v) is 9.83. The second kappa shape index (κ2) is 16.0. The van der Waals surface area contributed by atoms with Gasteiger partial charge in [-0.25, -0.2) is 4.98 Å². The Kier molecular flexibility index (Phi) is 7.42. The van der Waals surface area contributed by atoms with Gasteiger partial charge in [0.05, 0.1) is 19.4 Å². The van der Waals surface area contributed by atoms with E-state index in [2.05, 4.69) is 66.3 Å². The van der Waals surface area contributed by atoms with Gasteiger partial charge >= 0.3 is 0 Å². The Labute approximate surface area is 366 Å². The third kappa shape index (κ3) is 6.95. The molecule has 282 valence electrons. The van der Waals surface area contributed by atoms with Crippen LogP contribution < -0.4 is 9.30 Å². The van der Waals surface area contributed by atoms with E-state index < -0.39 is 60.4 Å². The zero-order valence-corrected chi connectivity index (χ0v) is 33.1. The van der Waals surface area contributed by atoms with Crippen LogP contribution in [-0.2, 0) is 27.5 Å². The zero-order valence-electron chi connectivity index (χ0n) is 40.8. The van der Waals surface area contributed by atoms with E-state index in [9.17, 15) is 0 Å².